The van der Waals surface area contributed by atoms with Crippen LogP contribution in [-0.2, 0) is 11.3 Å². The Morgan fingerprint density at radius 3 is 2.54 bits per heavy atom. The summed E-state index contributed by atoms with van der Waals surface area (Å²) < 4.78 is 16.4. The molecule has 1 saturated heterocycles. The van der Waals surface area contributed by atoms with Crippen molar-refractivity contribution in [2.75, 3.05) is 47.3 Å². The van der Waals surface area contributed by atoms with E-state index in [0.717, 1.165) is 55.6 Å². The number of thioether (sulfide) groups is 1. The van der Waals surface area contributed by atoms with Gasteiger partial charge in [-0.15, -0.1) is 24.0 Å². The topological polar surface area (TPSA) is 64.1 Å². The maximum absolute atomic E-state index is 5.50. The molecule has 0 spiro atoms. The highest BCUT2D eigenvalue weighted by molar-refractivity contribution is 14.0. The van der Waals surface area contributed by atoms with Gasteiger partial charge in [-0.2, -0.15) is 11.8 Å². The van der Waals surface area contributed by atoms with Crippen LogP contribution in [0, 0.1) is 0 Å². The lowest BCUT2D eigenvalue weighted by Gasteiger charge is -2.36. The van der Waals surface area contributed by atoms with E-state index in [4.69, 9.17) is 14.2 Å². The number of halogens is 1. The van der Waals surface area contributed by atoms with Crippen molar-refractivity contribution in [3.05, 3.63) is 23.8 Å². The molecule has 1 aromatic rings. The molecule has 2 rings (SSSR count). The van der Waals surface area contributed by atoms with Crippen molar-refractivity contribution in [3.63, 3.8) is 0 Å². The lowest BCUT2D eigenvalue weighted by atomic mass is 9.99. The first-order valence-electron chi connectivity index (χ1n) is 8.44. The first-order valence-corrected chi connectivity index (χ1v) is 9.67. The highest BCUT2D eigenvalue weighted by Crippen LogP contribution is 2.33. The van der Waals surface area contributed by atoms with Gasteiger partial charge in [-0.25, -0.2) is 0 Å². The molecule has 0 amide bonds. The van der Waals surface area contributed by atoms with Crippen LogP contribution in [0.5, 0.6) is 11.5 Å². The molecule has 0 bridgehead atoms. The van der Waals surface area contributed by atoms with Gasteiger partial charge in [0.2, 0.25) is 0 Å². The van der Waals surface area contributed by atoms with E-state index in [1.807, 2.05) is 30.0 Å². The van der Waals surface area contributed by atoms with Crippen molar-refractivity contribution in [2.24, 2.45) is 4.99 Å². The van der Waals surface area contributed by atoms with E-state index in [2.05, 4.69) is 21.9 Å². The monoisotopic (exact) mass is 495 g/mol. The zero-order valence-electron chi connectivity index (χ0n) is 16.0. The fraction of sp³-hybridized carbons (Fsp3) is 0.611. The molecule has 0 aromatic heterocycles. The molecule has 2 N–H and O–H groups in total. The van der Waals surface area contributed by atoms with E-state index < -0.39 is 0 Å². The largest absolute Gasteiger partial charge is 0.497 e. The second kappa shape index (κ2) is 11.8. The highest BCUT2D eigenvalue weighted by atomic mass is 127. The number of aliphatic imine (C=N–C) groups is 1. The number of guanidine groups is 1. The Labute approximate surface area is 177 Å². The first-order chi connectivity index (χ1) is 12.2. The normalized spacial score (nSPS) is 16.4. The third-order valence-electron chi connectivity index (χ3n) is 4.58. The molecule has 1 heterocycles. The Balaban J connectivity index is 0.00000338. The van der Waals surface area contributed by atoms with Gasteiger partial charge in [0.15, 0.2) is 5.96 Å². The Kier molecular flexibility index (Phi) is 10.5. The third-order valence-corrected chi connectivity index (χ3v) is 6.00. The molecule has 6 nitrogen and oxygen atoms in total. The number of ether oxygens (including phenoxy) is 3. The maximum Gasteiger partial charge on any atom is 0.191 e. The van der Waals surface area contributed by atoms with Crippen molar-refractivity contribution >= 4 is 41.7 Å². The molecular formula is C18H30IN3O3S. The van der Waals surface area contributed by atoms with Crippen LogP contribution in [0.1, 0.15) is 18.4 Å². The van der Waals surface area contributed by atoms with Crippen LogP contribution >= 0.6 is 35.7 Å². The van der Waals surface area contributed by atoms with Crippen molar-refractivity contribution in [3.8, 4) is 11.5 Å². The van der Waals surface area contributed by atoms with Crippen LogP contribution in [0.2, 0.25) is 0 Å². The molecule has 1 fully saturated rings. The van der Waals surface area contributed by atoms with Crippen molar-refractivity contribution in [1.82, 2.24) is 10.6 Å². The summed E-state index contributed by atoms with van der Waals surface area (Å²) in [5.41, 5.74) is 1.05. The average Bonchev–Trinajstić information content (AvgIpc) is 2.68. The summed E-state index contributed by atoms with van der Waals surface area (Å²) in [5, 5.41) is 6.81. The summed E-state index contributed by atoms with van der Waals surface area (Å²) >= 11 is 1.91. The number of nitrogens with zero attached hydrogens (tertiary/aromatic N) is 1. The maximum atomic E-state index is 5.50. The van der Waals surface area contributed by atoms with E-state index in [0.29, 0.717) is 6.54 Å². The minimum Gasteiger partial charge on any atom is -0.497 e. The van der Waals surface area contributed by atoms with Crippen molar-refractivity contribution < 1.29 is 14.2 Å². The minimum atomic E-state index is 0. The standard InChI is InChI=1S/C18H29N3O3S.HI/c1-19-17(21-13-18(25-4)7-9-24-10-8-18)20-12-14-5-6-15(22-2)11-16(14)23-3;/h5-6,11H,7-10,12-13H2,1-4H3,(H2,19,20,21);1H. The Hall–Kier alpha value is -0.870. The number of benzene rings is 1. The molecule has 0 unspecified atom stereocenters. The van der Waals surface area contributed by atoms with Gasteiger partial charge < -0.3 is 24.8 Å². The quantitative estimate of drug-likeness (QED) is 0.345. The summed E-state index contributed by atoms with van der Waals surface area (Å²) in [5.74, 6) is 2.37. The molecule has 0 saturated carbocycles. The molecule has 148 valence electrons. The van der Waals surface area contributed by atoms with E-state index >= 15 is 0 Å². The second-order valence-corrected chi connectivity index (χ2v) is 7.23. The minimum absolute atomic E-state index is 0. The fourth-order valence-electron chi connectivity index (χ4n) is 2.84. The predicted molar refractivity (Wildman–Crippen MR) is 119 cm³/mol. The summed E-state index contributed by atoms with van der Waals surface area (Å²) in [6, 6.07) is 5.82. The predicted octanol–water partition coefficient (Wildman–Crippen LogP) is 2.90. The summed E-state index contributed by atoms with van der Waals surface area (Å²) in [4.78, 5) is 4.33. The lowest BCUT2D eigenvalue weighted by molar-refractivity contribution is 0.0783. The Bertz CT molecular complexity index is 581. The number of hydrogen-bond acceptors (Lipinski definition) is 5. The van der Waals surface area contributed by atoms with Crippen molar-refractivity contribution in [2.45, 2.75) is 24.1 Å². The van der Waals surface area contributed by atoms with Crippen LogP contribution in [0.25, 0.3) is 0 Å². The summed E-state index contributed by atoms with van der Waals surface area (Å²) in [7, 11) is 5.10. The number of rotatable bonds is 7. The van der Waals surface area contributed by atoms with Crippen molar-refractivity contribution in [1.29, 1.82) is 0 Å². The number of hydrogen-bond donors (Lipinski definition) is 2. The van der Waals surface area contributed by atoms with Gasteiger partial charge in [-0.1, -0.05) is 0 Å². The number of nitrogens with one attached hydrogen (secondary N) is 2. The fourth-order valence-corrected chi connectivity index (χ4v) is 3.63. The van der Waals surface area contributed by atoms with Gasteiger partial charge in [0.1, 0.15) is 11.5 Å². The Morgan fingerprint density at radius 1 is 1.23 bits per heavy atom. The molecule has 1 aliphatic rings. The van der Waals surface area contributed by atoms with Crippen LogP contribution in [-0.4, -0.2) is 58.0 Å². The van der Waals surface area contributed by atoms with Gasteiger partial charge in [0.25, 0.3) is 0 Å². The van der Waals surface area contributed by atoms with E-state index in [9.17, 15) is 0 Å². The molecule has 0 radical (unpaired) electrons. The molecule has 1 aromatic carbocycles. The molecule has 26 heavy (non-hydrogen) atoms. The molecular weight excluding hydrogens is 465 g/mol. The second-order valence-electron chi connectivity index (χ2n) is 5.96. The van der Waals surface area contributed by atoms with Gasteiger partial charge in [-0.3, -0.25) is 4.99 Å². The van der Waals surface area contributed by atoms with Gasteiger partial charge >= 0.3 is 0 Å². The molecule has 1 aliphatic heterocycles. The average molecular weight is 495 g/mol. The van der Waals surface area contributed by atoms with Gasteiger partial charge in [0, 0.05) is 49.7 Å². The Morgan fingerprint density at radius 2 is 1.96 bits per heavy atom. The zero-order chi connectivity index (χ0) is 18.1. The van der Waals surface area contributed by atoms with E-state index in [1.165, 1.54) is 0 Å². The molecule has 0 aliphatic carbocycles. The van der Waals surface area contributed by atoms with Crippen LogP contribution in [0.4, 0.5) is 0 Å². The highest BCUT2D eigenvalue weighted by Gasteiger charge is 2.31. The van der Waals surface area contributed by atoms with Gasteiger partial charge in [-0.05, 0) is 31.2 Å². The van der Waals surface area contributed by atoms with Crippen LogP contribution in [0.3, 0.4) is 0 Å². The van der Waals surface area contributed by atoms with E-state index in [1.54, 1.807) is 21.3 Å². The van der Waals surface area contributed by atoms with Crippen LogP contribution < -0.4 is 20.1 Å². The summed E-state index contributed by atoms with van der Waals surface area (Å²) in [6.07, 6.45) is 4.29. The lowest BCUT2D eigenvalue weighted by Crippen LogP contribution is -2.47. The summed E-state index contributed by atoms with van der Waals surface area (Å²) in [6.45, 7) is 3.16. The molecule has 8 heteroatoms. The SMILES string of the molecule is CN=C(NCc1ccc(OC)cc1OC)NCC1(SC)CCOCC1.I. The third kappa shape index (κ3) is 6.38. The van der Waals surface area contributed by atoms with Crippen LogP contribution in [0.15, 0.2) is 23.2 Å². The first kappa shape index (κ1) is 23.2. The number of methoxy groups -OCH3 is 2. The molecule has 0 atom stereocenters. The van der Waals surface area contributed by atoms with E-state index in [-0.39, 0.29) is 28.7 Å². The van der Waals surface area contributed by atoms with Gasteiger partial charge in [0.05, 0.1) is 14.2 Å². The smallest absolute Gasteiger partial charge is 0.191 e. The zero-order valence-corrected chi connectivity index (χ0v) is 19.1.